The second kappa shape index (κ2) is 8.16. The minimum atomic E-state index is -4.25. The van der Waals surface area contributed by atoms with Crippen molar-refractivity contribution in [1.82, 2.24) is 10.2 Å². The first-order valence-electron chi connectivity index (χ1n) is 8.56. The zero-order valence-corrected chi connectivity index (χ0v) is 15.0. The number of urea groups is 1. The van der Waals surface area contributed by atoms with Gasteiger partial charge in [0.25, 0.3) is 0 Å². The summed E-state index contributed by atoms with van der Waals surface area (Å²) in [7, 11) is 0. The lowest BCUT2D eigenvalue weighted by atomic mass is 9.73. The smallest absolute Gasteiger partial charge is 0.392 e. The fraction of sp³-hybridized carbons (Fsp3) is 0.611. The van der Waals surface area contributed by atoms with Crippen LogP contribution < -0.4 is 10.1 Å². The summed E-state index contributed by atoms with van der Waals surface area (Å²) in [6.07, 6.45) is -4.35. The van der Waals surface area contributed by atoms with Crippen LogP contribution in [0.1, 0.15) is 25.8 Å². The zero-order valence-electron chi connectivity index (χ0n) is 15.0. The van der Waals surface area contributed by atoms with E-state index in [9.17, 15) is 18.0 Å². The van der Waals surface area contributed by atoms with Gasteiger partial charge in [-0.05, 0) is 17.9 Å². The number of ether oxygens (including phenoxy) is 1. The Labute approximate surface area is 151 Å². The van der Waals surface area contributed by atoms with E-state index in [4.69, 9.17) is 9.84 Å². The van der Waals surface area contributed by atoms with Crippen LogP contribution in [0, 0.1) is 11.3 Å². The second-order valence-corrected chi connectivity index (χ2v) is 7.13. The molecule has 8 heteroatoms. The van der Waals surface area contributed by atoms with Gasteiger partial charge in [0.2, 0.25) is 0 Å². The highest BCUT2D eigenvalue weighted by Gasteiger charge is 2.51. The number of amides is 2. The molecule has 0 bridgehead atoms. The predicted molar refractivity (Wildman–Crippen MR) is 90.8 cm³/mol. The lowest BCUT2D eigenvalue weighted by Gasteiger charge is -2.44. The molecule has 1 aliphatic heterocycles. The van der Waals surface area contributed by atoms with Gasteiger partial charge < -0.3 is 20.1 Å². The van der Waals surface area contributed by atoms with Gasteiger partial charge in [0.15, 0.2) is 0 Å². The number of carbonyl (C=O) groups excluding carboxylic acids is 1. The van der Waals surface area contributed by atoms with Gasteiger partial charge in [0.1, 0.15) is 12.4 Å². The maximum atomic E-state index is 13.1. The molecule has 0 aliphatic carbocycles. The quantitative estimate of drug-likeness (QED) is 0.832. The second-order valence-electron chi connectivity index (χ2n) is 7.13. The molecule has 0 spiro atoms. The standard InChI is InChI=1S/C18H25F3N2O3/c1-17(2)12-23(8-7-15(17)18(19,20)21)16(25)22-11-13-5-3-4-6-14(13)26-10-9-24/h3-6,15,24H,7-12H2,1-2H3,(H,22,25)/t15-/m1/s1. The number of para-hydroxylation sites is 1. The van der Waals surface area contributed by atoms with E-state index >= 15 is 0 Å². The molecule has 1 aliphatic rings. The Bertz CT molecular complexity index is 620. The van der Waals surface area contributed by atoms with Crippen molar-refractivity contribution in [3.63, 3.8) is 0 Å². The molecule has 146 valence electrons. The number of aliphatic hydroxyl groups is 1. The van der Waals surface area contributed by atoms with Crippen LogP contribution >= 0.6 is 0 Å². The molecule has 2 amide bonds. The number of rotatable bonds is 5. The third-order valence-corrected chi connectivity index (χ3v) is 4.66. The topological polar surface area (TPSA) is 61.8 Å². The molecule has 2 rings (SSSR count). The van der Waals surface area contributed by atoms with Gasteiger partial charge >= 0.3 is 12.2 Å². The Kier molecular flexibility index (Phi) is 6.39. The highest BCUT2D eigenvalue weighted by molar-refractivity contribution is 5.74. The fourth-order valence-corrected chi connectivity index (χ4v) is 3.37. The van der Waals surface area contributed by atoms with Crippen LogP contribution in [0.3, 0.4) is 0 Å². The zero-order chi connectivity index (χ0) is 19.4. The van der Waals surface area contributed by atoms with Crippen molar-refractivity contribution in [3.8, 4) is 5.75 Å². The van der Waals surface area contributed by atoms with Crippen LogP contribution in [-0.2, 0) is 6.54 Å². The van der Waals surface area contributed by atoms with Gasteiger partial charge in [-0.15, -0.1) is 0 Å². The van der Waals surface area contributed by atoms with E-state index in [-0.39, 0.29) is 39.3 Å². The van der Waals surface area contributed by atoms with E-state index in [0.717, 1.165) is 5.56 Å². The number of piperidine rings is 1. The van der Waals surface area contributed by atoms with Gasteiger partial charge in [0, 0.05) is 25.2 Å². The molecule has 0 saturated carbocycles. The van der Waals surface area contributed by atoms with Crippen LogP contribution in [0.25, 0.3) is 0 Å². The van der Waals surface area contributed by atoms with Crippen molar-refractivity contribution in [2.45, 2.75) is 33.0 Å². The van der Waals surface area contributed by atoms with Gasteiger partial charge in [0.05, 0.1) is 12.5 Å². The van der Waals surface area contributed by atoms with Crippen molar-refractivity contribution in [3.05, 3.63) is 29.8 Å². The van der Waals surface area contributed by atoms with Crippen LogP contribution in [0.2, 0.25) is 0 Å². The first kappa shape index (κ1) is 20.4. The van der Waals surface area contributed by atoms with E-state index in [2.05, 4.69) is 5.32 Å². The van der Waals surface area contributed by atoms with Crippen molar-refractivity contribution in [2.75, 3.05) is 26.3 Å². The molecule has 5 nitrogen and oxygen atoms in total. The molecule has 1 fully saturated rings. The minimum absolute atomic E-state index is 0.0473. The number of halogens is 3. The molecule has 1 aromatic rings. The van der Waals surface area contributed by atoms with Crippen molar-refractivity contribution < 1.29 is 27.8 Å². The van der Waals surface area contributed by atoms with Gasteiger partial charge in [-0.3, -0.25) is 0 Å². The molecule has 26 heavy (non-hydrogen) atoms. The summed E-state index contributed by atoms with van der Waals surface area (Å²) in [5.74, 6) is -0.857. The highest BCUT2D eigenvalue weighted by atomic mass is 19.4. The summed E-state index contributed by atoms with van der Waals surface area (Å²) in [4.78, 5) is 13.8. The average Bonchev–Trinajstić information content (AvgIpc) is 2.56. The van der Waals surface area contributed by atoms with Crippen molar-refractivity contribution in [1.29, 1.82) is 0 Å². The molecule has 1 saturated heterocycles. The summed E-state index contributed by atoms with van der Waals surface area (Å²) >= 11 is 0. The van der Waals surface area contributed by atoms with Crippen LogP contribution in [0.4, 0.5) is 18.0 Å². The van der Waals surface area contributed by atoms with E-state index in [1.807, 2.05) is 0 Å². The number of likely N-dealkylation sites (tertiary alicyclic amines) is 1. The normalized spacial score (nSPS) is 19.9. The molecule has 0 unspecified atom stereocenters. The maximum Gasteiger partial charge on any atom is 0.392 e. The van der Waals surface area contributed by atoms with Gasteiger partial charge in [-0.2, -0.15) is 13.2 Å². The number of hydrogen-bond donors (Lipinski definition) is 2. The third kappa shape index (κ3) is 5.03. The lowest BCUT2D eigenvalue weighted by molar-refractivity contribution is -0.214. The minimum Gasteiger partial charge on any atom is -0.491 e. The first-order chi connectivity index (χ1) is 12.1. The maximum absolute atomic E-state index is 13.1. The Morgan fingerprint density at radius 3 is 2.69 bits per heavy atom. The van der Waals surface area contributed by atoms with E-state index < -0.39 is 23.5 Å². The molecule has 0 aromatic heterocycles. The summed E-state index contributed by atoms with van der Waals surface area (Å²) < 4.78 is 44.8. The largest absolute Gasteiger partial charge is 0.491 e. The third-order valence-electron chi connectivity index (χ3n) is 4.66. The Morgan fingerprint density at radius 2 is 2.08 bits per heavy atom. The highest BCUT2D eigenvalue weighted by Crippen LogP contribution is 2.45. The Hall–Kier alpha value is -1.96. The number of carbonyl (C=O) groups is 1. The predicted octanol–water partition coefficient (Wildman–Crippen LogP) is 3.18. The lowest BCUT2D eigenvalue weighted by Crippen LogP contribution is -2.54. The number of alkyl halides is 3. The number of hydrogen-bond acceptors (Lipinski definition) is 3. The molecule has 2 N–H and O–H groups in total. The number of aliphatic hydroxyl groups excluding tert-OH is 1. The average molecular weight is 374 g/mol. The number of benzene rings is 1. The van der Waals surface area contributed by atoms with Crippen molar-refractivity contribution >= 4 is 6.03 Å². The Balaban J connectivity index is 1.95. The summed E-state index contributed by atoms with van der Waals surface area (Å²) in [5, 5.41) is 11.6. The Morgan fingerprint density at radius 1 is 1.38 bits per heavy atom. The summed E-state index contributed by atoms with van der Waals surface area (Å²) in [6, 6.07) is 6.70. The van der Waals surface area contributed by atoms with E-state index in [0.29, 0.717) is 5.75 Å². The molecule has 1 aromatic carbocycles. The van der Waals surface area contributed by atoms with Crippen LogP contribution in [-0.4, -0.2) is 48.5 Å². The number of nitrogens with one attached hydrogen (secondary N) is 1. The first-order valence-corrected chi connectivity index (χ1v) is 8.56. The van der Waals surface area contributed by atoms with Gasteiger partial charge in [-0.1, -0.05) is 32.0 Å². The monoisotopic (exact) mass is 374 g/mol. The number of nitrogens with zero attached hydrogens (tertiary/aromatic N) is 1. The van der Waals surface area contributed by atoms with Crippen LogP contribution in [0.15, 0.2) is 24.3 Å². The fourth-order valence-electron chi connectivity index (χ4n) is 3.37. The van der Waals surface area contributed by atoms with E-state index in [1.165, 1.54) is 4.90 Å². The molecule has 1 heterocycles. The summed E-state index contributed by atoms with van der Waals surface area (Å²) in [6.45, 7) is 3.42. The summed E-state index contributed by atoms with van der Waals surface area (Å²) in [5.41, 5.74) is -0.297. The van der Waals surface area contributed by atoms with Crippen molar-refractivity contribution in [2.24, 2.45) is 11.3 Å². The van der Waals surface area contributed by atoms with Crippen LogP contribution in [0.5, 0.6) is 5.75 Å². The molecule has 1 atom stereocenters. The SMILES string of the molecule is CC1(C)CN(C(=O)NCc2ccccc2OCCO)CC[C@H]1C(F)(F)F. The molecular formula is C18H25F3N2O3. The van der Waals surface area contributed by atoms with E-state index in [1.54, 1.807) is 38.1 Å². The molecule has 0 radical (unpaired) electrons. The molecular weight excluding hydrogens is 349 g/mol. The van der Waals surface area contributed by atoms with Gasteiger partial charge in [-0.25, -0.2) is 4.79 Å².